The van der Waals surface area contributed by atoms with E-state index in [1.165, 1.54) is 7.05 Å². The topological polar surface area (TPSA) is 179 Å². The van der Waals surface area contributed by atoms with Gasteiger partial charge in [0.25, 0.3) is 0 Å². The van der Waals surface area contributed by atoms with Crippen molar-refractivity contribution in [3.8, 4) is 11.8 Å². The minimum absolute atomic E-state index is 0.00735. The third-order valence-electron chi connectivity index (χ3n) is 12.8. The third-order valence-corrected chi connectivity index (χ3v) is 12.8. The van der Waals surface area contributed by atoms with Crippen LogP contribution in [-0.4, -0.2) is 109 Å². The van der Waals surface area contributed by atoms with Crippen molar-refractivity contribution in [3.05, 3.63) is 64.7 Å². The average molecular weight is 903 g/mol. The Kier molecular flexibility index (Phi) is 16.2. The number of urea groups is 3. The van der Waals surface area contributed by atoms with Gasteiger partial charge < -0.3 is 45.8 Å². The van der Waals surface area contributed by atoms with E-state index in [4.69, 9.17) is 5.26 Å². The molecular formula is C45H59F5N8O6. The van der Waals surface area contributed by atoms with Gasteiger partial charge in [0.05, 0.1) is 12.1 Å². The minimum atomic E-state index is -4.92. The molecule has 2 aliphatic heterocycles. The van der Waals surface area contributed by atoms with Crippen molar-refractivity contribution in [3.63, 3.8) is 0 Å². The van der Waals surface area contributed by atoms with Crippen LogP contribution in [0.25, 0.3) is 0 Å². The van der Waals surface area contributed by atoms with E-state index >= 15 is 0 Å². The van der Waals surface area contributed by atoms with Crippen molar-refractivity contribution >= 4 is 24.0 Å². The number of hydrogen-bond donors (Lipinski definition) is 5. The van der Waals surface area contributed by atoms with Crippen LogP contribution in [0.4, 0.5) is 36.3 Å². The van der Waals surface area contributed by atoms with E-state index in [9.17, 15) is 46.2 Å². The van der Waals surface area contributed by atoms with Gasteiger partial charge >= 0.3 is 24.5 Å². The van der Waals surface area contributed by atoms with Gasteiger partial charge in [-0.25, -0.2) is 23.2 Å². The fourth-order valence-electron chi connectivity index (χ4n) is 9.26. The third kappa shape index (κ3) is 13.3. The molecule has 19 heteroatoms. The van der Waals surface area contributed by atoms with E-state index < -0.39 is 17.9 Å². The van der Waals surface area contributed by atoms with Crippen molar-refractivity contribution in [1.29, 1.82) is 5.26 Å². The van der Waals surface area contributed by atoms with Gasteiger partial charge in [-0.3, -0.25) is 4.79 Å². The molecular weight excluding hydrogens is 844 g/mol. The highest BCUT2D eigenvalue weighted by Gasteiger charge is 2.45. The first kappa shape index (κ1) is 48.1. The van der Waals surface area contributed by atoms with Crippen LogP contribution in [0.15, 0.2) is 36.4 Å². The van der Waals surface area contributed by atoms with Crippen LogP contribution in [-0.2, 0) is 17.9 Å². The van der Waals surface area contributed by atoms with Crippen LogP contribution < -0.4 is 26.0 Å². The summed E-state index contributed by atoms with van der Waals surface area (Å²) in [4.78, 5) is 55.9. The highest BCUT2D eigenvalue weighted by Crippen LogP contribution is 2.45. The molecule has 64 heavy (non-hydrogen) atoms. The molecule has 2 aromatic carbocycles. The number of nitrogens with one attached hydrogen (secondary N) is 4. The molecule has 0 bridgehead atoms. The van der Waals surface area contributed by atoms with Gasteiger partial charge in [-0.15, -0.1) is 13.2 Å². The number of ether oxygens (including phenoxy) is 1. The number of halogens is 5. The van der Waals surface area contributed by atoms with Crippen LogP contribution in [0, 0.1) is 52.6 Å². The van der Waals surface area contributed by atoms with E-state index in [1.54, 1.807) is 29.0 Å². The minimum Gasteiger partial charge on any atom is -0.406 e. The highest BCUT2D eigenvalue weighted by atomic mass is 19.4. The summed E-state index contributed by atoms with van der Waals surface area (Å²) in [5, 5.41) is 29.4. The molecule has 3 aliphatic carbocycles. The van der Waals surface area contributed by atoms with Crippen LogP contribution in [0.3, 0.4) is 0 Å². The molecule has 0 spiro atoms. The van der Waals surface area contributed by atoms with Crippen molar-refractivity contribution in [2.24, 2.45) is 29.6 Å². The van der Waals surface area contributed by atoms with Gasteiger partial charge in [-0.2, -0.15) is 5.26 Å². The molecule has 5 N–H and O–H groups in total. The number of likely N-dealkylation sites (tertiary alicyclic amines) is 2. The Hall–Kier alpha value is -5.38. The summed E-state index contributed by atoms with van der Waals surface area (Å²) in [6.07, 6.45) is 3.21. The Morgan fingerprint density at radius 2 is 1.44 bits per heavy atom. The first-order valence-electron chi connectivity index (χ1n) is 22.2. The van der Waals surface area contributed by atoms with Crippen molar-refractivity contribution in [1.82, 2.24) is 36.0 Å². The number of hydrogen-bond acceptors (Lipinski definition) is 7. The molecule has 350 valence electrons. The van der Waals surface area contributed by atoms with E-state index in [0.717, 1.165) is 56.2 Å². The van der Waals surface area contributed by atoms with Crippen molar-refractivity contribution in [2.75, 3.05) is 46.9 Å². The summed E-state index contributed by atoms with van der Waals surface area (Å²) in [5.41, 5.74) is 1.56. The van der Waals surface area contributed by atoms with Crippen molar-refractivity contribution < 1.29 is 51.0 Å². The monoisotopic (exact) mass is 902 g/mol. The van der Waals surface area contributed by atoms with E-state index in [1.807, 2.05) is 11.0 Å². The molecule has 2 saturated heterocycles. The second kappa shape index (κ2) is 21.5. The lowest BCUT2D eigenvalue weighted by molar-refractivity contribution is -0.274. The molecule has 3 saturated carbocycles. The SMILES string of the molecule is CNC(=O)N1C[C@@H](CC#N)C[C@@H](N(C(=O)NCc2ccc(C3CC3)cc2F)C2CC2)C1.CNC(=O)N1C[C@@H](CCO)C[C@@H](C(C(=O)NCc2ccc(OC(F)(F)F)cc2F)C2CC2)C1. The first-order valence-corrected chi connectivity index (χ1v) is 22.2. The molecule has 5 aliphatic rings. The number of piperidine rings is 2. The zero-order valence-electron chi connectivity index (χ0n) is 36.3. The molecule has 2 aromatic rings. The number of carbonyl (C=O) groups excluding carboxylic acids is 4. The van der Waals surface area contributed by atoms with E-state index in [-0.39, 0.29) is 96.8 Å². The summed E-state index contributed by atoms with van der Waals surface area (Å²) < 4.78 is 69.4. The number of benzene rings is 2. The maximum Gasteiger partial charge on any atom is 0.573 e. The number of amides is 7. The first-order chi connectivity index (χ1) is 30.6. The van der Waals surface area contributed by atoms with Gasteiger partial charge in [0.15, 0.2) is 0 Å². The van der Waals surface area contributed by atoms with Crippen LogP contribution in [0.2, 0.25) is 0 Å². The van der Waals surface area contributed by atoms with Crippen molar-refractivity contribution in [2.45, 2.75) is 102 Å². The summed E-state index contributed by atoms with van der Waals surface area (Å²) in [5.74, 6) is -1.84. The number of alkyl halides is 3. The van der Waals surface area contributed by atoms with Gasteiger partial charge in [-0.05, 0) is 105 Å². The van der Waals surface area contributed by atoms with Gasteiger partial charge in [0, 0.05) is 95.5 Å². The Bertz CT molecular complexity index is 2010. The summed E-state index contributed by atoms with van der Waals surface area (Å²) >= 11 is 0. The van der Waals surface area contributed by atoms with Crippen LogP contribution in [0.1, 0.15) is 86.8 Å². The Labute approximate surface area is 370 Å². The maximum absolute atomic E-state index is 14.5. The number of rotatable bonds is 14. The summed E-state index contributed by atoms with van der Waals surface area (Å²) in [7, 11) is 3.12. The number of aliphatic hydroxyl groups excluding tert-OH is 1. The lowest BCUT2D eigenvalue weighted by atomic mass is 9.77. The molecule has 7 amide bonds. The van der Waals surface area contributed by atoms with Gasteiger partial charge in [-0.1, -0.05) is 18.2 Å². The average Bonchev–Trinajstić information content (AvgIpc) is 4.08. The van der Waals surface area contributed by atoms with E-state index in [0.29, 0.717) is 69.4 Å². The zero-order chi connectivity index (χ0) is 46.1. The molecule has 0 aromatic heterocycles. The predicted molar refractivity (Wildman–Crippen MR) is 224 cm³/mol. The zero-order valence-corrected chi connectivity index (χ0v) is 36.3. The lowest BCUT2D eigenvalue weighted by Crippen LogP contribution is -2.58. The lowest BCUT2D eigenvalue weighted by Gasteiger charge is -2.42. The number of nitriles is 1. The van der Waals surface area contributed by atoms with Crippen LogP contribution in [0.5, 0.6) is 5.75 Å². The summed E-state index contributed by atoms with van der Waals surface area (Å²) in [6.45, 7) is 1.82. The molecule has 2 heterocycles. The maximum atomic E-state index is 14.5. The van der Waals surface area contributed by atoms with E-state index in [2.05, 4.69) is 32.1 Å². The Morgan fingerprint density at radius 1 is 0.812 bits per heavy atom. The Morgan fingerprint density at radius 3 is 2.00 bits per heavy atom. The second-order valence-electron chi connectivity index (χ2n) is 17.7. The molecule has 14 nitrogen and oxygen atoms in total. The van der Waals surface area contributed by atoms with Gasteiger partial charge in [0.1, 0.15) is 17.4 Å². The number of carbonyl (C=O) groups is 4. The second-order valence-corrected chi connectivity index (χ2v) is 17.7. The standard InChI is InChI=1S/C23H30FN5O2.C22H29F4N3O4/c1-26-22(30)28-13-15(8-9-25)10-20(14-28)29(19-6-7-19)23(31)27-12-18-5-4-17(11-21(18)24)16-2-3-16;1-27-21(32)29-11-13(6-7-30)8-16(12-29)19(14-2-3-14)20(31)28-10-15-4-5-17(9-18(15)23)33-22(24,25)26/h4-5,11,15-16,19-20H,2-3,6-8,10,12-14H2,1H3,(H,26,30)(H,27,31);4-5,9,13-14,16,19,30H,2-3,6-8,10-12H2,1H3,(H,27,32)(H,28,31)/t15-,20+;13-,16+,19?/m00/s1. The van der Waals surface area contributed by atoms with Crippen LogP contribution >= 0.6 is 0 Å². The van der Waals surface area contributed by atoms with Gasteiger partial charge in [0.2, 0.25) is 5.91 Å². The quantitative estimate of drug-likeness (QED) is 0.137. The number of aliphatic hydroxyl groups is 1. The molecule has 1 unspecified atom stereocenters. The largest absolute Gasteiger partial charge is 0.573 e. The fraction of sp³-hybridized carbons (Fsp3) is 0.622. The normalized spacial score (nSPS) is 22.5. The Balaban J connectivity index is 0.000000213. The summed E-state index contributed by atoms with van der Waals surface area (Å²) in [6, 6.07) is 9.62. The smallest absolute Gasteiger partial charge is 0.406 e. The predicted octanol–water partition coefficient (Wildman–Crippen LogP) is 6.35. The number of nitrogens with zero attached hydrogens (tertiary/aromatic N) is 4. The molecule has 5 atom stereocenters. The fourth-order valence-corrected chi connectivity index (χ4v) is 9.26. The molecule has 0 radical (unpaired) electrons. The highest BCUT2D eigenvalue weighted by molar-refractivity contribution is 5.80. The molecule has 7 rings (SSSR count). The molecule has 5 fully saturated rings.